The van der Waals surface area contributed by atoms with Crippen molar-refractivity contribution >= 4 is 39.1 Å². The van der Waals surface area contributed by atoms with Crippen LogP contribution in [-0.4, -0.2) is 22.0 Å². The van der Waals surface area contributed by atoms with E-state index in [4.69, 9.17) is 16.3 Å². The van der Waals surface area contributed by atoms with E-state index in [0.717, 1.165) is 4.47 Å². The lowest BCUT2D eigenvalue weighted by Crippen LogP contribution is -2.04. The fourth-order valence-corrected chi connectivity index (χ4v) is 2.13. The van der Waals surface area contributed by atoms with Gasteiger partial charge in [-0.15, -0.1) is 0 Å². The number of esters is 1. The predicted molar refractivity (Wildman–Crippen MR) is 63.9 cm³/mol. The first-order valence-electron chi connectivity index (χ1n) is 4.63. The molecule has 0 N–H and O–H groups in total. The van der Waals surface area contributed by atoms with Gasteiger partial charge in [-0.1, -0.05) is 27.5 Å². The van der Waals surface area contributed by atoms with Gasteiger partial charge in [0.1, 0.15) is 10.8 Å². The SMILES string of the molecule is CCOC(=O)c1cn2c(Cl)cc(Br)cc2n1. The minimum atomic E-state index is -0.446. The molecule has 0 bridgehead atoms. The molecule has 2 heterocycles. The van der Waals surface area contributed by atoms with Crippen LogP contribution in [0.3, 0.4) is 0 Å². The lowest BCUT2D eigenvalue weighted by atomic mass is 10.5. The summed E-state index contributed by atoms with van der Waals surface area (Å²) in [6, 6.07) is 3.50. The van der Waals surface area contributed by atoms with E-state index in [9.17, 15) is 4.79 Å². The van der Waals surface area contributed by atoms with Gasteiger partial charge < -0.3 is 4.74 Å². The van der Waals surface area contributed by atoms with E-state index in [-0.39, 0.29) is 5.69 Å². The van der Waals surface area contributed by atoms with Crippen LogP contribution in [0.15, 0.2) is 22.8 Å². The van der Waals surface area contributed by atoms with Gasteiger partial charge in [0.05, 0.1) is 6.61 Å². The van der Waals surface area contributed by atoms with Crippen molar-refractivity contribution in [2.24, 2.45) is 0 Å². The largest absolute Gasteiger partial charge is 0.461 e. The number of hydrogen-bond acceptors (Lipinski definition) is 3. The molecular weight excluding hydrogens is 295 g/mol. The topological polar surface area (TPSA) is 43.6 Å². The van der Waals surface area contributed by atoms with Gasteiger partial charge in [-0.25, -0.2) is 9.78 Å². The maximum Gasteiger partial charge on any atom is 0.358 e. The molecular formula is C10H8BrClN2O2. The number of carbonyl (C=O) groups excluding carboxylic acids is 1. The van der Waals surface area contributed by atoms with E-state index in [0.29, 0.717) is 17.4 Å². The molecule has 0 aliphatic rings. The fourth-order valence-electron chi connectivity index (χ4n) is 1.32. The van der Waals surface area contributed by atoms with Crippen LogP contribution in [0, 0.1) is 0 Å². The van der Waals surface area contributed by atoms with Gasteiger partial charge in [-0.05, 0) is 19.1 Å². The average Bonchev–Trinajstić information content (AvgIpc) is 2.62. The highest BCUT2D eigenvalue weighted by Crippen LogP contribution is 2.20. The molecule has 0 aromatic carbocycles. The maximum absolute atomic E-state index is 11.5. The highest BCUT2D eigenvalue weighted by molar-refractivity contribution is 9.10. The Morgan fingerprint density at radius 3 is 3.06 bits per heavy atom. The highest BCUT2D eigenvalue weighted by atomic mass is 79.9. The summed E-state index contributed by atoms with van der Waals surface area (Å²) in [7, 11) is 0. The van der Waals surface area contributed by atoms with Crippen molar-refractivity contribution in [1.29, 1.82) is 0 Å². The molecule has 0 aliphatic heterocycles. The fraction of sp³-hybridized carbons (Fsp3) is 0.200. The second-order valence-corrected chi connectivity index (χ2v) is 4.37. The Hall–Kier alpha value is -1.07. The molecule has 16 heavy (non-hydrogen) atoms. The molecule has 0 saturated heterocycles. The number of halogens is 2. The third-order valence-electron chi connectivity index (χ3n) is 1.97. The lowest BCUT2D eigenvalue weighted by molar-refractivity contribution is 0.0520. The summed E-state index contributed by atoms with van der Waals surface area (Å²) in [4.78, 5) is 15.6. The number of fused-ring (bicyclic) bond motifs is 1. The molecule has 0 amide bonds. The number of imidazole rings is 1. The van der Waals surface area contributed by atoms with Gasteiger partial charge in [-0.3, -0.25) is 4.40 Å². The molecule has 2 rings (SSSR count). The van der Waals surface area contributed by atoms with Crippen LogP contribution in [0.5, 0.6) is 0 Å². The van der Waals surface area contributed by atoms with E-state index in [1.54, 1.807) is 29.7 Å². The quantitative estimate of drug-likeness (QED) is 0.633. The maximum atomic E-state index is 11.5. The van der Waals surface area contributed by atoms with Gasteiger partial charge in [-0.2, -0.15) is 0 Å². The molecule has 4 nitrogen and oxygen atoms in total. The first-order chi connectivity index (χ1) is 7.61. The van der Waals surface area contributed by atoms with Crippen LogP contribution in [0.4, 0.5) is 0 Å². The van der Waals surface area contributed by atoms with Crippen molar-refractivity contribution in [2.75, 3.05) is 6.61 Å². The van der Waals surface area contributed by atoms with Crippen LogP contribution in [0.1, 0.15) is 17.4 Å². The average molecular weight is 304 g/mol. The number of rotatable bonds is 2. The normalized spacial score (nSPS) is 10.7. The number of pyridine rings is 1. The predicted octanol–water partition coefficient (Wildman–Crippen LogP) is 2.93. The third-order valence-corrected chi connectivity index (χ3v) is 2.72. The van der Waals surface area contributed by atoms with Crippen molar-refractivity contribution in [3.8, 4) is 0 Å². The zero-order valence-electron chi connectivity index (χ0n) is 8.41. The first-order valence-corrected chi connectivity index (χ1v) is 5.80. The standard InChI is InChI=1S/C10H8BrClN2O2/c1-2-16-10(15)7-5-14-8(12)3-6(11)4-9(14)13-7/h3-5H,2H2,1H3. The second-order valence-electron chi connectivity index (χ2n) is 3.07. The molecule has 0 atom stereocenters. The summed E-state index contributed by atoms with van der Waals surface area (Å²) in [5, 5.41) is 0.479. The Kier molecular flexibility index (Phi) is 3.16. The van der Waals surface area contributed by atoms with Crippen molar-refractivity contribution in [2.45, 2.75) is 6.92 Å². The van der Waals surface area contributed by atoms with Crippen LogP contribution < -0.4 is 0 Å². The Morgan fingerprint density at radius 2 is 2.38 bits per heavy atom. The van der Waals surface area contributed by atoms with Crippen molar-refractivity contribution in [3.05, 3.63) is 33.6 Å². The summed E-state index contributed by atoms with van der Waals surface area (Å²) in [6.45, 7) is 2.07. The summed E-state index contributed by atoms with van der Waals surface area (Å²) in [6.07, 6.45) is 1.56. The number of carbonyl (C=O) groups is 1. The molecule has 0 spiro atoms. The van der Waals surface area contributed by atoms with E-state index in [2.05, 4.69) is 20.9 Å². The van der Waals surface area contributed by atoms with Gasteiger partial charge in [0.25, 0.3) is 0 Å². The Bertz CT molecular complexity index is 553. The van der Waals surface area contributed by atoms with Crippen LogP contribution in [-0.2, 0) is 4.74 Å². The number of hydrogen-bond donors (Lipinski definition) is 0. The summed E-state index contributed by atoms with van der Waals surface area (Å²) in [5.41, 5.74) is 0.851. The zero-order valence-corrected chi connectivity index (χ0v) is 10.7. The number of nitrogens with zero attached hydrogens (tertiary/aromatic N) is 2. The van der Waals surface area contributed by atoms with Crippen LogP contribution >= 0.6 is 27.5 Å². The molecule has 0 saturated carbocycles. The summed E-state index contributed by atoms with van der Waals surface area (Å²) >= 11 is 9.30. The first kappa shape index (κ1) is 11.4. The van der Waals surface area contributed by atoms with Gasteiger partial charge in [0.2, 0.25) is 0 Å². The zero-order chi connectivity index (χ0) is 11.7. The minimum Gasteiger partial charge on any atom is -0.461 e. The minimum absolute atomic E-state index is 0.252. The Morgan fingerprint density at radius 1 is 1.62 bits per heavy atom. The summed E-state index contributed by atoms with van der Waals surface area (Å²) < 4.78 is 7.29. The lowest BCUT2D eigenvalue weighted by Gasteiger charge is -1.96. The molecule has 0 fully saturated rings. The molecule has 2 aromatic rings. The molecule has 6 heteroatoms. The monoisotopic (exact) mass is 302 g/mol. The van der Waals surface area contributed by atoms with Gasteiger partial charge >= 0.3 is 5.97 Å². The number of ether oxygens (including phenoxy) is 1. The van der Waals surface area contributed by atoms with Crippen LogP contribution in [0.2, 0.25) is 5.15 Å². The highest BCUT2D eigenvalue weighted by Gasteiger charge is 2.13. The molecule has 0 aliphatic carbocycles. The molecule has 84 valence electrons. The van der Waals surface area contributed by atoms with Crippen molar-refractivity contribution in [1.82, 2.24) is 9.38 Å². The van der Waals surface area contributed by atoms with Crippen molar-refractivity contribution < 1.29 is 9.53 Å². The second kappa shape index (κ2) is 4.43. The molecule has 0 radical (unpaired) electrons. The molecule has 0 unspecified atom stereocenters. The Labute approximate surface area is 105 Å². The number of aromatic nitrogens is 2. The van der Waals surface area contributed by atoms with E-state index >= 15 is 0 Å². The third kappa shape index (κ3) is 2.05. The van der Waals surface area contributed by atoms with Gasteiger partial charge in [0, 0.05) is 10.7 Å². The summed E-state index contributed by atoms with van der Waals surface area (Å²) in [5.74, 6) is -0.446. The molecule has 2 aromatic heterocycles. The Balaban J connectivity index is 2.51. The van der Waals surface area contributed by atoms with E-state index in [1.807, 2.05) is 0 Å². The van der Waals surface area contributed by atoms with E-state index in [1.165, 1.54) is 0 Å². The van der Waals surface area contributed by atoms with Crippen LogP contribution in [0.25, 0.3) is 5.65 Å². The van der Waals surface area contributed by atoms with Gasteiger partial charge in [0.15, 0.2) is 5.69 Å². The smallest absolute Gasteiger partial charge is 0.358 e. The van der Waals surface area contributed by atoms with E-state index < -0.39 is 5.97 Å². The van der Waals surface area contributed by atoms with Crippen molar-refractivity contribution in [3.63, 3.8) is 0 Å².